The minimum atomic E-state index is -0.381. The molecule has 1 unspecified atom stereocenters. The van der Waals surface area contributed by atoms with Gasteiger partial charge in [-0.2, -0.15) is 0 Å². The van der Waals surface area contributed by atoms with Crippen molar-refractivity contribution >= 4 is 23.0 Å². The summed E-state index contributed by atoms with van der Waals surface area (Å²) < 4.78 is 0. The molecule has 0 aromatic heterocycles. The average Bonchev–Trinajstić information content (AvgIpc) is 2.01. The van der Waals surface area contributed by atoms with E-state index in [0.29, 0.717) is 17.3 Å². The fourth-order valence-corrected chi connectivity index (χ4v) is 1.66. The van der Waals surface area contributed by atoms with Gasteiger partial charge in [-0.25, -0.2) is 0 Å². The van der Waals surface area contributed by atoms with Crippen molar-refractivity contribution in [2.45, 2.75) is 13.0 Å². The third-order valence-electron chi connectivity index (χ3n) is 1.92. The molecule has 0 saturated heterocycles. The van der Waals surface area contributed by atoms with Gasteiger partial charge in [0, 0.05) is 19.3 Å². The van der Waals surface area contributed by atoms with Crippen LogP contribution >= 0.6 is 11.6 Å². The third-order valence-corrected chi connectivity index (χ3v) is 2.22. The fraction of sp³-hybridized carbons (Fsp3) is 0.400. The second-order valence-electron chi connectivity index (χ2n) is 3.44. The summed E-state index contributed by atoms with van der Waals surface area (Å²) >= 11 is 6.00. The van der Waals surface area contributed by atoms with Crippen molar-refractivity contribution in [1.82, 2.24) is 0 Å². The Bertz CT molecular complexity index is 315. The van der Waals surface area contributed by atoms with E-state index in [0.717, 1.165) is 5.69 Å². The van der Waals surface area contributed by atoms with Crippen LogP contribution in [0.4, 0.5) is 11.4 Å². The molecule has 0 radical (unpaired) electrons. The normalized spacial score (nSPS) is 12.6. The van der Waals surface area contributed by atoms with Gasteiger partial charge >= 0.3 is 0 Å². The highest BCUT2D eigenvalue weighted by atomic mass is 35.5. The van der Waals surface area contributed by atoms with E-state index in [2.05, 4.69) is 0 Å². The maximum absolute atomic E-state index is 9.22. The van der Waals surface area contributed by atoms with Crippen molar-refractivity contribution in [3.8, 4) is 0 Å². The summed E-state index contributed by atoms with van der Waals surface area (Å²) in [6.07, 6.45) is -0.381. The van der Waals surface area contributed by atoms with E-state index in [1.54, 1.807) is 19.1 Å². The maximum Gasteiger partial charge on any atom is 0.0686 e. The Hall–Kier alpha value is -0.930. The van der Waals surface area contributed by atoms with Crippen molar-refractivity contribution < 1.29 is 5.11 Å². The number of likely N-dealkylation sites (N-methyl/N-ethyl adjacent to an activating group) is 1. The van der Waals surface area contributed by atoms with Crippen molar-refractivity contribution in [1.29, 1.82) is 0 Å². The van der Waals surface area contributed by atoms with E-state index in [-0.39, 0.29) is 6.10 Å². The molecule has 0 aliphatic rings. The summed E-state index contributed by atoms with van der Waals surface area (Å²) in [7, 11) is 1.88. The molecule has 1 aromatic carbocycles. The molecule has 14 heavy (non-hydrogen) atoms. The molecule has 1 aromatic rings. The largest absolute Gasteiger partial charge is 0.399 e. The zero-order valence-electron chi connectivity index (χ0n) is 8.37. The number of hydrogen-bond donors (Lipinski definition) is 2. The van der Waals surface area contributed by atoms with E-state index in [9.17, 15) is 5.11 Å². The molecular formula is C10H15ClN2O. The molecule has 4 heteroatoms. The van der Waals surface area contributed by atoms with Gasteiger partial charge in [0.15, 0.2) is 0 Å². The number of aliphatic hydroxyl groups is 1. The molecule has 1 rings (SSSR count). The van der Waals surface area contributed by atoms with Crippen LogP contribution in [0.25, 0.3) is 0 Å². The highest BCUT2D eigenvalue weighted by Crippen LogP contribution is 2.26. The summed E-state index contributed by atoms with van der Waals surface area (Å²) in [4.78, 5) is 1.90. The Balaban J connectivity index is 2.84. The number of aliphatic hydroxyl groups excluding tert-OH is 1. The highest BCUT2D eigenvalue weighted by molar-refractivity contribution is 6.33. The topological polar surface area (TPSA) is 49.5 Å². The number of anilines is 2. The van der Waals surface area contributed by atoms with E-state index in [4.69, 9.17) is 17.3 Å². The maximum atomic E-state index is 9.22. The molecule has 0 aliphatic carbocycles. The smallest absolute Gasteiger partial charge is 0.0686 e. The van der Waals surface area contributed by atoms with Gasteiger partial charge in [0.2, 0.25) is 0 Å². The van der Waals surface area contributed by atoms with Crippen LogP contribution < -0.4 is 10.6 Å². The lowest BCUT2D eigenvalue weighted by molar-refractivity contribution is 0.201. The average molecular weight is 215 g/mol. The van der Waals surface area contributed by atoms with Crippen molar-refractivity contribution in [2.75, 3.05) is 24.2 Å². The Kier molecular flexibility index (Phi) is 3.61. The first-order valence-electron chi connectivity index (χ1n) is 4.45. The van der Waals surface area contributed by atoms with Gasteiger partial charge in [0.05, 0.1) is 16.8 Å². The minimum Gasteiger partial charge on any atom is -0.399 e. The molecule has 0 heterocycles. The lowest BCUT2D eigenvalue weighted by atomic mass is 10.2. The summed E-state index contributed by atoms with van der Waals surface area (Å²) in [5.74, 6) is 0. The van der Waals surface area contributed by atoms with E-state index < -0.39 is 0 Å². The number of benzene rings is 1. The van der Waals surface area contributed by atoms with Crippen LogP contribution in [0.3, 0.4) is 0 Å². The monoisotopic (exact) mass is 214 g/mol. The molecule has 0 saturated carbocycles. The van der Waals surface area contributed by atoms with Crippen molar-refractivity contribution in [2.24, 2.45) is 0 Å². The number of hydrogen-bond acceptors (Lipinski definition) is 3. The van der Waals surface area contributed by atoms with Gasteiger partial charge in [-0.05, 0) is 25.1 Å². The molecule has 3 nitrogen and oxygen atoms in total. The summed E-state index contributed by atoms with van der Waals surface area (Å²) in [5, 5.41) is 9.82. The molecule has 78 valence electrons. The molecule has 1 atom stereocenters. The standard InChI is InChI=1S/C10H15ClN2O/c1-7(14)6-13(2)10-4-3-8(12)5-9(10)11/h3-5,7,14H,6,12H2,1-2H3. The second-order valence-corrected chi connectivity index (χ2v) is 3.85. The third kappa shape index (κ3) is 2.79. The lowest BCUT2D eigenvalue weighted by Crippen LogP contribution is -2.27. The molecular weight excluding hydrogens is 200 g/mol. The Morgan fingerprint density at radius 1 is 1.57 bits per heavy atom. The van der Waals surface area contributed by atoms with E-state index in [1.165, 1.54) is 0 Å². The zero-order valence-corrected chi connectivity index (χ0v) is 9.12. The zero-order chi connectivity index (χ0) is 10.7. The molecule has 0 spiro atoms. The second kappa shape index (κ2) is 4.53. The van der Waals surface area contributed by atoms with Gasteiger partial charge in [0.25, 0.3) is 0 Å². The van der Waals surface area contributed by atoms with Crippen LogP contribution in [-0.2, 0) is 0 Å². The number of rotatable bonds is 3. The fourth-order valence-electron chi connectivity index (χ4n) is 1.33. The predicted octanol–water partition coefficient (Wildman–Crippen LogP) is 1.74. The number of nitrogens with two attached hydrogens (primary N) is 1. The first-order chi connectivity index (χ1) is 6.50. The highest BCUT2D eigenvalue weighted by Gasteiger charge is 2.08. The Morgan fingerprint density at radius 3 is 2.71 bits per heavy atom. The molecule has 3 N–H and O–H groups in total. The van der Waals surface area contributed by atoms with Gasteiger partial charge in [0.1, 0.15) is 0 Å². The van der Waals surface area contributed by atoms with Crippen LogP contribution in [0, 0.1) is 0 Å². The molecule has 0 fully saturated rings. The number of nitrogens with zero attached hydrogens (tertiary/aromatic N) is 1. The van der Waals surface area contributed by atoms with Crippen LogP contribution in [0.5, 0.6) is 0 Å². The Morgan fingerprint density at radius 2 is 2.21 bits per heavy atom. The summed E-state index contributed by atoms with van der Waals surface area (Å²) in [6, 6.07) is 5.34. The summed E-state index contributed by atoms with van der Waals surface area (Å²) in [5.41, 5.74) is 7.10. The first-order valence-corrected chi connectivity index (χ1v) is 4.82. The SMILES string of the molecule is CC(O)CN(C)c1ccc(N)cc1Cl. The van der Waals surface area contributed by atoms with Crippen molar-refractivity contribution in [3.05, 3.63) is 23.2 Å². The molecule has 0 aliphatic heterocycles. The quantitative estimate of drug-likeness (QED) is 0.754. The van der Waals surface area contributed by atoms with E-state index in [1.807, 2.05) is 18.0 Å². The van der Waals surface area contributed by atoms with Gasteiger partial charge in [-0.15, -0.1) is 0 Å². The van der Waals surface area contributed by atoms with E-state index >= 15 is 0 Å². The Labute approximate surface area is 89.1 Å². The summed E-state index contributed by atoms with van der Waals surface area (Å²) in [6.45, 7) is 2.28. The minimum absolute atomic E-state index is 0.381. The number of nitrogen functional groups attached to an aromatic ring is 1. The predicted molar refractivity (Wildman–Crippen MR) is 60.8 cm³/mol. The lowest BCUT2D eigenvalue weighted by Gasteiger charge is -2.22. The van der Waals surface area contributed by atoms with Crippen LogP contribution in [-0.4, -0.2) is 24.8 Å². The van der Waals surface area contributed by atoms with Gasteiger partial charge in [-0.1, -0.05) is 11.6 Å². The molecule has 0 amide bonds. The van der Waals surface area contributed by atoms with Crippen LogP contribution in [0.2, 0.25) is 5.02 Å². The van der Waals surface area contributed by atoms with Gasteiger partial charge in [-0.3, -0.25) is 0 Å². The molecule has 0 bridgehead atoms. The van der Waals surface area contributed by atoms with Crippen LogP contribution in [0.15, 0.2) is 18.2 Å². The van der Waals surface area contributed by atoms with Crippen LogP contribution in [0.1, 0.15) is 6.92 Å². The first kappa shape index (κ1) is 11.1. The number of halogens is 1. The van der Waals surface area contributed by atoms with Crippen molar-refractivity contribution in [3.63, 3.8) is 0 Å². The van der Waals surface area contributed by atoms with Gasteiger partial charge < -0.3 is 15.7 Å².